The lowest BCUT2D eigenvalue weighted by Crippen LogP contribution is -2.15. The van der Waals surface area contributed by atoms with Crippen LogP contribution in [0.2, 0.25) is 0 Å². The number of alkyl halides is 1. The van der Waals surface area contributed by atoms with Crippen molar-refractivity contribution in [2.75, 3.05) is 5.75 Å². The molecule has 1 heterocycles. The Kier molecular flexibility index (Phi) is 5.65. The SMILES string of the molecule is CCCc1oc2c(C(C)(C)O)cc(SCC)cc2c1CI. The summed E-state index contributed by atoms with van der Waals surface area (Å²) in [7, 11) is 0. The van der Waals surface area contributed by atoms with E-state index >= 15 is 0 Å². The van der Waals surface area contributed by atoms with Gasteiger partial charge in [-0.15, -0.1) is 11.8 Å². The fourth-order valence-corrected chi connectivity index (χ4v) is 4.12. The van der Waals surface area contributed by atoms with Crippen molar-refractivity contribution in [2.45, 2.75) is 55.5 Å². The number of hydrogen-bond acceptors (Lipinski definition) is 3. The van der Waals surface area contributed by atoms with E-state index < -0.39 is 5.60 Å². The van der Waals surface area contributed by atoms with Crippen molar-refractivity contribution in [3.8, 4) is 0 Å². The summed E-state index contributed by atoms with van der Waals surface area (Å²) in [6, 6.07) is 4.29. The Balaban J connectivity index is 2.75. The van der Waals surface area contributed by atoms with E-state index in [-0.39, 0.29) is 0 Å². The predicted molar refractivity (Wildman–Crippen MR) is 99.6 cm³/mol. The Hall–Kier alpha value is -0.200. The standard InChI is InChI=1S/C17H23IO2S/c1-5-7-15-13(10-18)12-8-11(21-6-2)9-14(16(12)20-15)17(3,4)19/h8-9,19H,5-7,10H2,1-4H3. The average Bonchev–Trinajstić information content (AvgIpc) is 2.74. The molecule has 1 N–H and O–H groups in total. The highest BCUT2D eigenvalue weighted by Crippen LogP contribution is 2.38. The van der Waals surface area contributed by atoms with Crippen molar-refractivity contribution in [1.82, 2.24) is 0 Å². The van der Waals surface area contributed by atoms with Gasteiger partial charge < -0.3 is 9.52 Å². The first-order valence-corrected chi connectivity index (χ1v) is 9.93. The Morgan fingerprint density at radius 3 is 2.52 bits per heavy atom. The van der Waals surface area contributed by atoms with E-state index in [4.69, 9.17) is 4.42 Å². The molecule has 0 saturated carbocycles. The normalized spacial score (nSPS) is 12.3. The van der Waals surface area contributed by atoms with Crippen LogP contribution in [0, 0.1) is 0 Å². The lowest BCUT2D eigenvalue weighted by molar-refractivity contribution is 0.0789. The van der Waals surface area contributed by atoms with Gasteiger partial charge in [0.25, 0.3) is 0 Å². The van der Waals surface area contributed by atoms with Crippen molar-refractivity contribution in [3.63, 3.8) is 0 Å². The fraction of sp³-hybridized carbons (Fsp3) is 0.529. The quantitative estimate of drug-likeness (QED) is 0.373. The highest BCUT2D eigenvalue weighted by Gasteiger charge is 2.25. The van der Waals surface area contributed by atoms with E-state index in [1.165, 1.54) is 15.8 Å². The Labute approximate surface area is 144 Å². The third-order valence-corrected chi connectivity index (χ3v) is 5.15. The zero-order valence-corrected chi connectivity index (χ0v) is 16.1. The predicted octanol–water partition coefficient (Wildman–Crippen LogP) is 5.66. The molecule has 0 radical (unpaired) electrons. The van der Waals surface area contributed by atoms with Crippen LogP contribution in [0.1, 0.15) is 51.0 Å². The summed E-state index contributed by atoms with van der Waals surface area (Å²) in [6.45, 7) is 7.97. The number of rotatable bonds is 6. The number of benzene rings is 1. The van der Waals surface area contributed by atoms with E-state index in [0.717, 1.165) is 39.9 Å². The molecule has 0 unspecified atom stereocenters. The van der Waals surface area contributed by atoms with E-state index in [1.54, 1.807) is 11.8 Å². The fourth-order valence-electron chi connectivity index (χ4n) is 2.55. The van der Waals surface area contributed by atoms with Crippen molar-refractivity contribution < 1.29 is 9.52 Å². The molecule has 0 atom stereocenters. The first-order valence-electron chi connectivity index (χ1n) is 7.42. The first-order chi connectivity index (χ1) is 9.92. The molecule has 1 aromatic carbocycles. The molecule has 21 heavy (non-hydrogen) atoms. The highest BCUT2D eigenvalue weighted by molar-refractivity contribution is 14.1. The maximum Gasteiger partial charge on any atom is 0.140 e. The Bertz CT molecular complexity index is 626. The van der Waals surface area contributed by atoms with Gasteiger partial charge in [0.05, 0.1) is 5.60 Å². The van der Waals surface area contributed by atoms with Gasteiger partial charge in [-0.05, 0) is 38.2 Å². The second-order valence-electron chi connectivity index (χ2n) is 5.73. The molecule has 1 aromatic heterocycles. The van der Waals surface area contributed by atoms with Crippen molar-refractivity contribution in [3.05, 3.63) is 29.0 Å². The molecule has 0 spiro atoms. The molecule has 0 bridgehead atoms. The first kappa shape index (κ1) is 17.2. The third kappa shape index (κ3) is 3.59. The summed E-state index contributed by atoms with van der Waals surface area (Å²) < 4.78 is 7.08. The van der Waals surface area contributed by atoms with E-state index in [2.05, 4.69) is 48.6 Å². The maximum absolute atomic E-state index is 10.5. The lowest BCUT2D eigenvalue weighted by Gasteiger charge is -2.19. The van der Waals surface area contributed by atoms with Crippen LogP contribution in [0.4, 0.5) is 0 Å². The van der Waals surface area contributed by atoms with Crippen LogP contribution in [0.3, 0.4) is 0 Å². The topological polar surface area (TPSA) is 33.4 Å². The molecule has 0 aliphatic rings. The summed E-state index contributed by atoms with van der Waals surface area (Å²) >= 11 is 4.21. The minimum absolute atomic E-state index is 0.859. The second kappa shape index (κ2) is 6.92. The third-order valence-electron chi connectivity index (χ3n) is 3.53. The molecule has 116 valence electrons. The van der Waals surface area contributed by atoms with Gasteiger partial charge in [0.15, 0.2) is 0 Å². The van der Waals surface area contributed by atoms with Crippen molar-refractivity contribution in [1.29, 1.82) is 0 Å². The molecular formula is C17H23IO2S. The molecule has 2 rings (SSSR count). The summed E-state index contributed by atoms with van der Waals surface area (Å²) in [6.07, 6.45) is 2.02. The monoisotopic (exact) mass is 418 g/mol. The summed E-state index contributed by atoms with van der Waals surface area (Å²) in [5.41, 5.74) is 2.14. The number of aryl methyl sites for hydroxylation is 1. The minimum Gasteiger partial charge on any atom is -0.460 e. The number of fused-ring (bicyclic) bond motifs is 1. The summed E-state index contributed by atoms with van der Waals surface area (Å²) in [5.74, 6) is 2.10. The molecule has 2 aromatic rings. The number of hydrogen-bond donors (Lipinski definition) is 1. The largest absolute Gasteiger partial charge is 0.460 e. The van der Waals surface area contributed by atoms with Crippen LogP contribution in [0.15, 0.2) is 21.4 Å². The van der Waals surface area contributed by atoms with Gasteiger partial charge in [0, 0.05) is 32.3 Å². The molecule has 0 fully saturated rings. The summed E-state index contributed by atoms with van der Waals surface area (Å²) in [5, 5.41) is 11.7. The maximum atomic E-state index is 10.5. The van der Waals surface area contributed by atoms with Crippen LogP contribution >= 0.6 is 34.4 Å². The van der Waals surface area contributed by atoms with Crippen LogP contribution in [0.5, 0.6) is 0 Å². The second-order valence-corrected chi connectivity index (χ2v) is 7.83. The molecule has 2 nitrogen and oxygen atoms in total. The molecular weight excluding hydrogens is 395 g/mol. The van der Waals surface area contributed by atoms with Gasteiger partial charge in [-0.1, -0.05) is 36.4 Å². The lowest BCUT2D eigenvalue weighted by atomic mass is 9.96. The van der Waals surface area contributed by atoms with Crippen LogP contribution in [-0.2, 0) is 16.4 Å². The van der Waals surface area contributed by atoms with Gasteiger partial charge in [-0.2, -0.15) is 0 Å². The van der Waals surface area contributed by atoms with E-state index in [1.807, 2.05) is 13.8 Å². The van der Waals surface area contributed by atoms with E-state index in [9.17, 15) is 5.11 Å². The van der Waals surface area contributed by atoms with Gasteiger partial charge in [0.1, 0.15) is 11.3 Å². The van der Waals surface area contributed by atoms with Gasteiger partial charge in [-0.3, -0.25) is 0 Å². The molecule has 0 saturated heterocycles. The van der Waals surface area contributed by atoms with Crippen LogP contribution < -0.4 is 0 Å². The smallest absolute Gasteiger partial charge is 0.140 e. The van der Waals surface area contributed by atoms with Crippen LogP contribution in [-0.4, -0.2) is 10.9 Å². The number of thioether (sulfide) groups is 1. The highest BCUT2D eigenvalue weighted by atomic mass is 127. The van der Waals surface area contributed by atoms with E-state index in [0.29, 0.717) is 0 Å². The summed E-state index contributed by atoms with van der Waals surface area (Å²) in [4.78, 5) is 1.21. The molecule has 0 aliphatic carbocycles. The zero-order valence-electron chi connectivity index (χ0n) is 13.1. The van der Waals surface area contributed by atoms with Crippen molar-refractivity contribution >= 4 is 45.3 Å². The van der Waals surface area contributed by atoms with Gasteiger partial charge >= 0.3 is 0 Å². The number of aliphatic hydroxyl groups is 1. The van der Waals surface area contributed by atoms with Gasteiger partial charge in [0.2, 0.25) is 0 Å². The number of furan rings is 1. The minimum atomic E-state index is -0.896. The molecule has 4 heteroatoms. The average molecular weight is 418 g/mol. The Morgan fingerprint density at radius 2 is 2.00 bits per heavy atom. The molecule has 0 aliphatic heterocycles. The van der Waals surface area contributed by atoms with Crippen LogP contribution in [0.25, 0.3) is 11.0 Å². The number of halogens is 1. The Morgan fingerprint density at radius 1 is 1.29 bits per heavy atom. The zero-order chi connectivity index (χ0) is 15.6. The van der Waals surface area contributed by atoms with Crippen molar-refractivity contribution in [2.24, 2.45) is 0 Å². The molecule has 0 amide bonds. The van der Waals surface area contributed by atoms with Gasteiger partial charge in [-0.25, -0.2) is 0 Å².